The van der Waals surface area contributed by atoms with Crippen LogP contribution in [-0.4, -0.2) is 68.8 Å². The number of carbonyl (C=O) groups excluding carboxylic acids is 2. The first-order chi connectivity index (χ1) is 16.2. The minimum absolute atomic E-state index is 0.0279. The molecule has 0 spiro atoms. The van der Waals surface area contributed by atoms with Crippen LogP contribution in [-0.2, 0) is 15.7 Å². The largest absolute Gasteiger partial charge is 0.417 e. The predicted molar refractivity (Wildman–Crippen MR) is 119 cm³/mol. The molecule has 1 heterocycles. The van der Waals surface area contributed by atoms with Crippen LogP contribution in [0, 0.1) is 11.3 Å². The van der Waals surface area contributed by atoms with E-state index in [0.29, 0.717) is 6.61 Å². The minimum atomic E-state index is -4.68. The summed E-state index contributed by atoms with van der Waals surface area (Å²) in [6, 6.07) is 3.90. The molecular formula is C23H30F3N5O3. The number of hydrogen-bond donors (Lipinski definition) is 2. The Bertz CT molecular complexity index is 912. The highest BCUT2D eigenvalue weighted by atomic mass is 19.4. The van der Waals surface area contributed by atoms with Crippen molar-refractivity contribution in [3.05, 3.63) is 29.3 Å². The van der Waals surface area contributed by atoms with Crippen molar-refractivity contribution in [1.82, 2.24) is 15.5 Å². The number of nitrogens with zero attached hydrogens (tertiary/aromatic N) is 3. The number of rotatable bonds is 6. The molecular weight excluding hydrogens is 451 g/mol. The van der Waals surface area contributed by atoms with E-state index in [1.54, 1.807) is 11.0 Å². The Kier molecular flexibility index (Phi) is 8.61. The van der Waals surface area contributed by atoms with Crippen LogP contribution in [0.1, 0.15) is 43.2 Å². The molecule has 1 aliphatic carbocycles. The molecule has 1 unspecified atom stereocenters. The number of nitriles is 1. The van der Waals surface area contributed by atoms with Gasteiger partial charge in [0.15, 0.2) is 0 Å². The van der Waals surface area contributed by atoms with Crippen LogP contribution in [0.4, 0.5) is 23.7 Å². The number of carbonyl (C=O) groups is 2. The van der Waals surface area contributed by atoms with Crippen LogP contribution >= 0.6 is 0 Å². The molecule has 0 bridgehead atoms. The van der Waals surface area contributed by atoms with Gasteiger partial charge in [-0.2, -0.15) is 18.4 Å². The predicted octanol–water partition coefficient (Wildman–Crippen LogP) is 2.87. The van der Waals surface area contributed by atoms with E-state index in [1.165, 1.54) is 18.1 Å². The van der Waals surface area contributed by atoms with Crippen LogP contribution in [0.25, 0.3) is 0 Å². The van der Waals surface area contributed by atoms with E-state index in [4.69, 9.17) is 10.00 Å². The van der Waals surface area contributed by atoms with E-state index in [9.17, 15) is 22.8 Å². The van der Waals surface area contributed by atoms with E-state index >= 15 is 0 Å². The highest BCUT2D eigenvalue weighted by molar-refractivity contribution is 5.88. The third-order valence-electron chi connectivity index (χ3n) is 6.28. The highest BCUT2D eigenvalue weighted by Gasteiger charge is 2.38. The molecule has 2 N–H and O–H groups in total. The number of urea groups is 1. The maximum atomic E-state index is 13.4. The third kappa shape index (κ3) is 6.32. The Morgan fingerprint density at radius 2 is 1.94 bits per heavy atom. The number of piperazine rings is 1. The summed E-state index contributed by atoms with van der Waals surface area (Å²) < 4.78 is 45.3. The lowest BCUT2D eigenvalue weighted by Gasteiger charge is -2.42. The van der Waals surface area contributed by atoms with Gasteiger partial charge < -0.3 is 25.2 Å². The molecule has 1 aliphatic heterocycles. The van der Waals surface area contributed by atoms with Crippen molar-refractivity contribution in [2.24, 2.45) is 0 Å². The van der Waals surface area contributed by atoms with Gasteiger partial charge in [0.05, 0.1) is 23.8 Å². The van der Waals surface area contributed by atoms with Gasteiger partial charge in [0.2, 0.25) is 5.91 Å². The fraction of sp³-hybridized carbons (Fsp3) is 0.609. The van der Waals surface area contributed by atoms with Gasteiger partial charge in [0, 0.05) is 45.0 Å². The molecule has 2 aliphatic rings. The average molecular weight is 482 g/mol. The number of halogens is 3. The number of benzene rings is 1. The Morgan fingerprint density at radius 1 is 1.21 bits per heavy atom. The Hall–Kier alpha value is -3.00. The molecule has 8 nitrogen and oxygen atoms in total. The van der Waals surface area contributed by atoms with Gasteiger partial charge in [-0.3, -0.25) is 4.79 Å². The zero-order valence-electron chi connectivity index (χ0n) is 19.2. The third-order valence-corrected chi connectivity index (χ3v) is 6.28. The first-order valence-corrected chi connectivity index (χ1v) is 11.4. The maximum absolute atomic E-state index is 13.4. The summed E-state index contributed by atoms with van der Waals surface area (Å²) in [6.07, 6.45) is 0.323. The second kappa shape index (κ2) is 11.4. The van der Waals surface area contributed by atoms with Crippen molar-refractivity contribution in [3.8, 4) is 6.07 Å². The van der Waals surface area contributed by atoms with Crippen molar-refractivity contribution in [2.75, 3.05) is 44.8 Å². The van der Waals surface area contributed by atoms with E-state index in [1.807, 2.05) is 0 Å². The molecule has 1 aromatic carbocycles. The monoisotopic (exact) mass is 481 g/mol. The van der Waals surface area contributed by atoms with E-state index in [-0.39, 0.29) is 43.9 Å². The molecule has 34 heavy (non-hydrogen) atoms. The Balaban J connectivity index is 1.80. The molecule has 1 aromatic rings. The lowest BCUT2D eigenvalue weighted by atomic mass is 9.95. The first-order valence-electron chi connectivity index (χ1n) is 11.4. The standard InChI is InChI=1S/C23H30F3N5O3/c1-34-12-9-28-21(32)20-15-30(18-8-7-16(14-27)19(13-18)23(24,25)26)10-11-31(20)22(33)29-17-5-3-2-4-6-17/h7-8,13,17,20H,2-6,9-12,15H2,1H3,(H,28,32)(H,29,33). The van der Waals surface area contributed by atoms with Crippen LogP contribution < -0.4 is 15.5 Å². The smallest absolute Gasteiger partial charge is 0.383 e. The molecule has 0 radical (unpaired) electrons. The van der Waals surface area contributed by atoms with Crippen molar-refractivity contribution in [3.63, 3.8) is 0 Å². The van der Waals surface area contributed by atoms with Crippen LogP contribution in [0.5, 0.6) is 0 Å². The van der Waals surface area contributed by atoms with Gasteiger partial charge in [0.25, 0.3) is 0 Å². The van der Waals surface area contributed by atoms with E-state index in [0.717, 1.165) is 44.2 Å². The van der Waals surface area contributed by atoms with Gasteiger partial charge in [0.1, 0.15) is 6.04 Å². The number of methoxy groups -OCH3 is 1. The van der Waals surface area contributed by atoms with Gasteiger partial charge in [-0.15, -0.1) is 0 Å². The number of amides is 3. The van der Waals surface area contributed by atoms with Gasteiger partial charge in [-0.1, -0.05) is 19.3 Å². The van der Waals surface area contributed by atoms with Crippen LogP contribution in [0.15, 0.2) is 18.2 Å². The SMILES string of the molecule is COCCNC(=O)C1CN(c2ccc(C#N)c(C(F)(F)F)c2)CCN1C(=O)NC1CCCCC1. The van der Waals surface area contributed by atoms with Crippen LogP contribution in [0.3, 0.4) is 0 Å². The molecule has 1 atom stereocenters. The zero-order valence-corrected chi connectivity index (χ0v) is 19.2. The Morgan fingerprint density at radius 3 is 2.59 bits per heavy atom. The molecule has 1 saturated carbocycles. The summed E-state index contributed by atoms with van der Waals surface area (Å²) in [5.74, 6) is -0.398. The number of hydrogen-bond acceptors (Lipinski definition) is 5. The Labute approximate surface area is 197 Å². The summed E-state index contributed by atoms with van der Waals surface area (Å²) >= 11 is 0. The fourth-order valence-electron chi connectivity index (χ4n) is 4.44. The summed E-state index contributed by atoms with van der Waals surface area (Å²) in [4.78, 5) is 29.1. The van der Waals surface area contributed by atoms with E-state index in [2.05, 4.69) is 10.6 Å². The highest BCUT2D eigenvalue weighted by Crippen LogP contribution is 2.35. The summed E-state index contributed by atoms with van der Waals surface area (Å²) in [5.41, 5.74) is -1.24. The maximum Gasteiger partial charge on any atom is 0.417 e. The molecule has 186 valence electrons. The van der Waals surface area contributed by atoms with Crippen molar-refractivity contribution in [2.45, 2.75) is 50.4 Å². The van der Waals surface area contributed by atoms with Crippen molar-refractivity contribution < 1.29 is 27.5 Å². The van der Waals surface area contributed by atoms with Gasteiger partial charge in [-0.05, 0) is 31.0 Å². The molecule has 3 rings (SSSR count). The number of ether oxygens (including phenoxy) is 1. The molecule has 1 saturated heterocycles. The second-order valence-corrected chi connectivity index (χ2v) is 8.56. The number of anilines is 1. The topological polar surface area (TPSA) is 97.7 Å². The molecule has 0 aromatic heterocycles. The minimum Gasteiger partial charge on any atom is -0.383 e. The molecule has 3 amide bonds. The summed E-state index contributed by atoms with van der Waals surface area (Å²) in [7, 11) is 1.50. The molecule has 11 heteroatoms. The van der Waals surface area contributed by atoms with Gasteiger partial charge in [-0.25, -0.2) is 4.79 Å². The number of nitrogens with one attached hydrogen (secondary N) is 2. The summed E-state index contributed by atoms with van der Waals surface area (Å²) in [5, 5.41) is 14.8. The zero-order chi connectivity index (χ0) is 24.7. The van der Waals surface area contributed by atoms with Gasteiger partial charge >= 0.3 is 12.2 Å². The summed E-state index contributed by atoms with van der Waals surface area (Å²) in [6.45, 7) is 0.992. The quantitative estimate of drug-likeness (QED) is 0.609. The lowest BCUT2D eigenvalue weighted by Crippen LogP contribution is -2.63. The van der Waals surface area contributed by atoms with Crippen molar-refractivity contribution in [1.29, 1.82) is 5.26 Å². The normalized spacial score (nSPS) is 19.4. The van der Waals surface area contributed by atoms with Crippen LogP contribution in [0.2, 0.25) is 0 Å². The van der Waals surface area contributed by atoms with E-state index < -0.39 is 29.3 Å². The lowest BCUT2D eigenvalue weighted by molar-refractivity contribution is -0.137. The average Bonchev–Trinajstić information content (AvgIpc) is 2.83. The number of alkyl halides is 3. The molecule has 2 fully saturated rings. The first kappa shape index (κ1) is 25.6. The fourth-order valence-corrected chi connectivity index (χ4v) is 4.44. The van der Waals surface area contributed by atoms with Crippen molar-refractivity contribution >= 4 is 17.6 Å². The second-order valence-electron chi connectivity index (χ2n) is 8.56.